The van der Waals surface area contributed by atoms with Gasteiger partial charge in [-0.15, -0.1) is 12.4 Å². The Morgan fingerprint density at radius 3 is 2.57 bits per heavy atom. The topological polar surface area (TPSA) is 52.9 Å². The second-order valence-electron chi connectivity index (χ2n) is 5.45. The van der Waals surface area contributed by atoms with Crippen LogP contribution < -0.4 is 0 Å². The lowest BCUT2D eigenvalue weighted by Gasteiger charge is -2.31. The van der Waals surface area contributed by atoms with Gasteiger partial charge in [0.2, 0.25) is 0 Å². The van der Waals surface area contributed by atoms with Gasteiger partial charge in [-0.25, -0.2) is 0 Å². The number of benzene rings is 1. The van der Waals surface area contributed by atoms with E-state index in [0.717, 1.165) is 45.1 Å². The Hall–Kier alpha value is -1.39. The minimum atomic E-state index is -0.0841. The third kappa shape index (κ3) is 6.27. The number of nitrogens with zero attached hydrogens (tertiary/aromatic N) is 2. The molecule has 0 saturated carbocycles. The zero-order chi connectivity index (χ0) is 14.2. The zero-order valence-electron chi connectivity index (χ0n) is 12.1. The molecule has 0 atom stereocenters. The summed E-state index contributed by atoms with van der Waals surface area (Å²) in [5.74, 6) is 0.539. The van der Waals surface area contributed by atoms with Crippen molar-refractivity contribution in [1.82, 2.24) is 4.90 Å². The Balaban J connectivity index is 0.00000220. The van der Waals surface area contributed by atoms with E-state index in [9.17, 15) is 4.79 Å². The predicted molar refractivity (Wildman–Crippen MR) is 86.2 cm³/mol. The van der Waals surface area contributed by atoms with Gasteiger partial charge in [0.15, 0.2) is 5.78 Å². The van der Waals surface area contributed by atoms with Crippen LogP contribution in [0, 0.1) is 5.92 Å². The largest absolute Gasteiger partial charge is 0.411 e. The fourth-order valence-electron chi connectivity index (χ4n) is 2.75. The molecule has 1 saturated heterocycles. The van der Waals surface area contributed by atoms with Crippen LogP contribution in [0.1, 0.15) is 31.2 Å². The van der Waals surface area contributed by atoms with Crippen molar-refractivity contribution >= 4 is 24.4 Å². The van der Waals surface area contributed by atoms with Gasteiger partial charge in [-0.2, -0.15) is 0 Å². The molecule has 1 aliphatic rings. The molecule has 1 heterocycles. The second-order valence-corrected chi connectivity index (χ2v) is 5.45. The summed E-state index contributed by atoms with van der Waals surface area (Å²) in [4.78, 5) is 13.7. The quantitative estimate of drug-likeness (QED) is 0.499. The first-order valence-corrected chi connectivity index (χ1v) is 7.24. The third-order valence-electron chi connectivity index (χ3n) is 3.96. The molecule has 21 heavy (non-hydrogen) atoms. The van der Waals surface area contributed by atoms with Crippen molar-refractivity contribution in [1.29, 1.82) is 0 Å². The van der Waals surface area contributed by atoms with Crippen LogP contribution in [0.15, 0.2) is 35.5 Å². The Bertz CT molecular complexity index is 443. The van der Waals surface area contributed by atoms with Gasteiger partial charge in [-0.05, 0) is 43.8 Å². The number of carbonyl (C=O) groups is 1. The molecule has 5 heteroatoms. The second kappa shape index (κ2) is 9.53. The van der Waals surface area contributed by atoms with E-state index >= 15 is 0 Å². The summed E-state index contributed by atoms with van der Waals surface area (Å²) in [6, 6.07) is 10.5. The highest BCUT2D eigenvalue weighted by atomic mass is 35.5. The van der Waals surface area contributed by atoms with Gasteiger partial charge in [-0.1, -0.05) is 35.5 Å². The monoisotopic (exact) mass is 310 g/mol. The summed E-state index contributed by atoms with van der Waals surface area (Å²) in [5, 5.41) is 11.1. The van der Waals surface area contributed by atoms with Crippen LogP contribution in [-0.2, 0) is 11.3 Å². The van der Waals surface area contributed by atoms with Crippen LogP contribution in [0.2, 0.25) is 0 Å². The highest BCUT2D eigenvalue weighted by Gasteiger charge is 2.19. The van der Waals surface area contributed by atoms with E-state index in [2.05, 4.69) is 34.3 Å². The number of Topliss-reactive ketones (excluding diaryl/α,β-unsaturated/α-hetero) is 1. The average molecular weight is 311 g/mol. The molecule has 0 radical (unpaired) electrons. The van der Waals surface area contributed by atoms with Gasteiger partial charge in [0.1, 0.15) is 6.21 Å². The standard InChI is InChI=1S/C16H22N2O2.ClH/c19-16(12-17-20)7-6-14-8-10-18(11-9-14)13-15-4-2-1-3-5-15;/h1-5,12,14,20H,6-11,13H2;1H/b17-12+;. The Morgan fingerprint density at radius 1 is 1.29 bits per heavy atom. The molecular weight excluding hydrogens is 288 g/mol. The van der Waals surface area contributed by atoms with Crippen molar-refractivity contribution < 1.29 is 10.0 Å². The number of oxime groups is 1. The molecule has 4 nitrogen and oxygen atoms in total. The van der Waals surface area contributed by atoms with Crippen molar-refractivity contribution in [3.63, 3.8) is 0 Å². The van der Waals surface area contributed by atoms with Crippen LogP contribution in [-0.4, -0.2) is 35.2 Å². The number of piperidine rings is 1. The summed E-state index contributed by atoms with van der Waals surface area (Å²) in [6.07, 6.45) is 4.70. The number of hydrogen-bond donors (Lipinski definition) is 1. The van der Waals surface area contributed by atoms with E-state index in [1.54, 1.807) is 0 Å². The van der Waals surface area contributed by atoms with Crippen molar-refractivity contribution in [3.05, 3.63) is 35.9 Å². The number of hydrogen-bond acceptors (Lipinski definition) is 4. The molecule has 2 rings (SSSR count). The molecule has 1 N–H and O–H groups in total. The molecule has 116 valence electrons. The molecule has 0 bridgehead atoms. The molecular formula is C16H23ClN2O2. The molecule has 0 amide bonds. The predicted octanol–water partition coefficient (Wildman–Crippen LogP) is 3.13. The summed E-state index contributed by atoms with van der Waals surface area (Å²) >= 11 is 0. The van der Waals surface area contributed by atoms with Crippen LogP contribution >= 0.6 is 12.4 Å². The van der Waals surface area contributed by atoms with E-state index in [1.807, 2.05) is 6.07 Å². The normalized spacial score (nSPS) is 16.8. The highest BCUT2D eigenvalue weighted by Crippen LogP contribution is 2.23. The fourth-order valence-corrected chi connectivity index (χ4v) is 2.75. The number of ketones is 1. The molecule has 0 aliphatic carbocycles. The Labute approximate surface area is 132 Å². The smallest absolute Gasteiger partial charge is 0.177 e. The Morgan fingerprint density at radius 2 is 1.95 bits per heavy atom. The molecule has 0 spiro atoms. The number of likely N-dealkylation sites (tertiary alicyclic amines) is 1. The van der Waals surface area contributed by atoms with E-state index in [-0.39, 0.29) is 18.2 Å². The molecule has 1 aliphatic heterocycles. The van der Waals surface area contributed by atoms with Crippen molar-refractivity contribution in [2.75, 3.05) is 13.1 Å². The van der Waals surface area contributed by atoms with Crippen LogP contribution in [0.25, 0.3) is 0 Å². The fraction of sp³-hybridized carbons (Fsp3) is 0.500. The van der Waals surface area contributed by atoms with Crippen LogP contribution in [0.4, 0.5) is 0 Å². The van der Waals surface area contributed by atoms with E-state index in [0.29, 0.717) is 12.3 Å². The maximum absolute atomic E-state index is 11.3. The van der Waals surface area contributed by atoms with Crippen molar-refractivity contribution in [3.8, 4) is 0 Å². The van der Waals surface area contributed by atoms with Crippen LogP contribution in [0.5, 0.6) is 0 Å². The maximum atomic E-state index is 11.3. The number of halogens is 1. The Kier molecular flexibility index (Phi) is 8.01. The first kappa shape index (κ1) is 17.7. The SMILES string of the molecule is Cl.O=C(/C=N/O)CCC1CCN(Cc2ccccc2)CC1. The zero-order valence-corrected chi connectivity index (χ0v) is 13.0. The van der Waals surface area contributed by atoms with Crippen molar-refractivity contribution in [2.24, 2.45) is 11.1 Å². The maximum Gasteiger partial charge on any atom is 0.177 e. The summed E-state index contributed by atoms with van der Waals surface area (Å²) in [6.45, 7) is 3.22. The van der Waals surface area contributed by atoms with E-state index in [4.69, 9.17) is 5.21 Å². The minimum absolute atomic E-state index is 0. The van der Waals surface area contributed by atoms with Gasteiger partial charge in [0.05, 0.1) is 0 Å². The molecule has 1 aromatic rings. The summed E-state index contributed by atoms with van der Waals surface area (Å²) in [5.41, 5.74) is 1.36. The van der Waals surface area contributed by atoms with Gasteiger partial charge in [0, 0.05) is 13.0 Å². The lowest BCUT2D eigenvalue weighted by Crippen LogP contribution is -2.33. The minimum Gasteiger partial charge on any atom is -0.411 e. The molecule has 1 aromatic carbocycles. The molecule has 0 unspecified atom stereocenters. The lowest BCUT2D eigenvalue weighted by atomic mass is 9.91. The van der Waals surface area contributed by atoms with Crippen LogP contribution in [0.3, 0.4) is 0 Å². The van der Waals surface area contributed by atoms with Gasteiger partial charge < -0.3 is 5.21 Å². The molecule has 1 fully saturated rings. The van der Waals surface area contributed by atoms with E-state index in [1.165, 1.54) is 5.56 Å². The third-order valence-corrected chi connectivity index (χ3v) is 3.96. The van der Waals surface area contributed by atoms with Crippen molar-refractivity contribution in [2.45, 2.75) is 32.2 Å². The molecule has 0 aromatic heterocycles. The van der Waals surface area contributed by atoms with Gasteiger partial charge >= 0.3 is 0 Å². The van der Waals surface area contributed by atoms with Gasteiger partial charge in [-0.3, -0.25) is 9.69 Å². The first-order chi connectivity index (χ1) is 9.78. The highest BCUT2D eigenvalue weighted by molar-refractivity contribution is 6.27. The first-order valence-electron chi connectivity index (χ1n) is 7.24. The van der Waals surface area contributed by atoms with Gasteiger partial charge in [0.25, 0.3) is 0 Å². The number of carbonyl (C=O) groups excluding carboxylic acids is 1. The summed E-state index contributed by atoms with van der Waals surface area (Å²) in [7, 11) is 0. The number of rotatable bonds is 6. The lowest BCUT2D eigenvalue weighted by molar-refractivity contribution is -0.113. The van der Waals surface area contributed by atoms with E-state index < -0.39 is 0 Å². The average Bonchev–Trinajstić information content (AvgIpc) is 2.48. The summed E-state index contributed by atoms with van der Waals surface area (Å²) < 4.78 is 0.